The smallest absolute Gasteiger partial charge is 0.00696 e. The van der Waals surface area contributed by atoms with Gasteiger partial charge in [-0.1, -0.05) is 77.0 Å². The van der Waals surface area contributed by atoms with Gasteiger partial charge in [0.05, 0.1) is 0 Å². The number of hydrogen-bond acceptors (Lipinski definition) is 1. The fourth-order valence-corrected chi connectivity index (χ4v) is 4.47. The molecule has 21 heavy (non-hydrogen) atoms. The zero-order valence-corrected chi connectivity index (χ0v) is 14.5. The van der Waals surface area contributed by atoms with Crippen LogP contribution in [0.25, 0.3) is 0 Å². The van der Waals surface area contributed by atoms with E-state index in [0.717, 1.165) is 18.0 Å². The molecule has 0 amide bonds. The predicted molar refractivity (Wildman–Crippen MR) is 93.7 cm³/mol. The van der Waals surface area contributed by atoms with Gasteiger partial charge in [0.2, 0.25) is 0 Å². The molecular weight excluding hydrogens is 254 g/mol. The summed E-state index contributed by atoms with van der Waals surface area (Å²) in [7, 11) is 0. The van der Waals surface area contributed by atoms with Gasteiger partial charge in [0.25, 0.3) is 0 Å². The molecule has 1 heteroatoms. The standard InChI is InChI=1S/C20H39N/c1-18(19-14-10-9-11-15-19)21-20-16-12-7-5-3-2-4-6-8-13-17-20/h18-21H,2-17H2,1H3/t18-/m1/s1. The number of rotatable bonds is 3. The van der Waals surface area contributed by atoms with Crippen LogP contribution in [0.2, 0.25) is 0 Å². The van der Waals surface area contributed by atoms with E-state index in [9.17, 15) is 0 Å². The topological polar surface area (TPSA) is 12.0 Å². The lowest BCUT2D eigenvalue weighted by atomic mass is 9.84. The van der Waals surface area contributed by atoms with E-state index < -0.39 is 0 Å². The SMILES string of the molecule is C[C@@H](NC1CCCCCCCCCCC1)C1CCCCC1. The Labute approximate surface area is 133 Å². The van der Waals surface area contributed by atoms with Crippen molar-refractivity contribution in [3.8, 4) is 0 Å². The average Bonchev–Trinajstić information content (AvgIpc) is 2.51. The van der Waals surface area contributed by atoms with Crippen molar-refractivity contribution in [2.45, 2.75) is 122 Å². The van der Waals surface area contributed by atoms with Gasteiger partial charge < -0.3 is 5.32 Å². The van der Waals surface area contributed by atoms with Crippen LogP contribution in [0.1, 0.15) is 110 Å². The quantitative estimate of drug-likeness (QED) is 0.651. The van der Waals surface area contributed by atoms with E-state index in [4.69, 9.17) is 0 Å². The molecule has 0 aromatic carbocycles. The van der Waals surface area contributed by atoms with Crippen molar-refractivity contribution in [1.82, 2.24) is 5.32 Å². The maximum absolute atomic E-state index is 4.04. The molecule has 0 spiro atoms. The van der Waals surface area contributed by atoms with Crippen LogP contribution in [0.3, 0.4) is 0 Å². The van der Waals surface area contributed by atoms with Gasteiger partial charge in [0, 0.05) is 12.1 Å². The normalized spacial score (nSPS) is 26.7. The maximum atomic E-state index is 4.04. The Balaban J connectivity index is 1.73. The summed E-state index contributed by atoms with van der Waals surface area (Å²) in [5, 5.41) is 4.04. The van der Waals surface area contributed by atoms with Crippen molar-refractivity contribution < 1.29 is 0 Å². The molecule has 1 N–H and O–H groups in total. The molecule has 0 heterocycles. The zero-order valence-electron chi connectivity index (χ0n) is 14.5. The van der Waals surface area contributed by atoms with Crippen LogP contribution in [0.4, 0.5) is 0 Å². The second-order valence-corrected chi connectivity index (χ2v) is 7.81. The molecule has 0 unspecified atom stereocenters. The monoisotopic (exact) mass is 293 g/mol. The van der Waals surface area contributed by atoms with E-state index in [2.05, 4.69) is 12.2 Å². The van der Waals surface area contributed by atoms with Gasteiger partial charge in [-0.15, -0.1) is 0 Å². The van der Waals surface area contributed by atoms with Gasteiger partial charge >= 0.3 is 0 Å². The molecule has 0 radical (unpaired) electrons. The fraction of sp³-hybridized carbons (Fsp3) is 1.00. The van der Waals surface area contributed by atoms with Crippen LogP contribution in [0.15, 0.2) is 0 Å². The summed E-state index contributed by atoms with van der Waals surface area (Å²) in [4.78, 5) is 0. The van der Waals surface area contributed by atoms with Gasteiger partial charge in [0.1, 0.15) is 0 Å². The Hall–Kier alpha value is -0.0400. The van der Waals surface area contributed by atoms with Crippen LogP contribution < -0.4 is 5.32 Å². The van der Waals surface area contributed by atoms with Gasteiger partial charge in [0.15, 0.2) is 0 Å². The van der Waals surface area contributed by atoms with E-state index in [1.165, 1.54) is 103 Å². The highest BCUT2D eigenvalue weighted by molar-refractivity contribution is 4.80. The molecule has 0 aliphatic heterocycles. The van der Waals surface area contributed by atoms with E-state index in [1.807, 2.05) is 0 Å². The predicted octanol–water partition coefficient (Wildman–Crippen LogP) is 6.22. The van der Waals surface area contributed by atoms with Gasteiger partial charge in [-0.25, -0.2) is 0 Å². The first-order valence-corrected chi connectivity index (χ1v) is 10.1. The Morgan fingerprint density at radius 2 is 0.952 bits per heavy atom. The minimum Gasteiger partial charge on any atom is -0.311 e. The van der Waals surface area contributed by atoms with Crippen molar-refractivity contribution in [2.24, 2.45) is 5.92 Å². The lowest BCUT2D eigenvalue weighted by molar-refractivity contribution is 0.251. The molecule has 2 saturated carbocycles. The van der Waals surface area contributed by atoms with E-state index >= 15 is 0 Å². The molecule has 0 aromatic rings. The molecular formula is C20H39N. The third-order valence-electron chi connectivity index (χ3n) is 5.96. The van der Waals surface area contributed by atoms with Crippen molar-refractivity contribution in [1.29, 1.82) is 0 Å². The summed E-state index contributed by atoms with van der Waals surface area (Å²) in [6.07, 6.45) is 23.5. The molecule has 1 atom stereocenters. The Morgan fingerprint density at radius 1 is 0.571 bits per heavy atom. The zero-order chi connectivity index (χ0) is 14.8. The molecule has 2 fully saturated rings. The summed E-state index contributed by atoms with van der Waals surface area (Å²) < 4.78 is 0. The minimum atomic E-state index is 0.753. The molecule has 0 aromatic heterocycles. The second-order valence-electron chi connectivity index (χ2n) is 7.81. The maximum Gasteiger partial charge on any atom is 0.00696 e. The van der Waals surface area contributed by atoms with Crippen LogP contribution in [0, 0.1) is 5.92 Å². The summed E-state index contributed by atoms with van der Waals surface area (Å²) in [6.45, 7) is 2.46. The molecule has 124 valence electrons. The largest absolute Gasteiger partial charge is 0.311 e. The fourth-order valence-electron chi connectivity index (χ4n) is 4.47. The van der Waals surface area contributed by atoms with Gasteiger partial charge in [-0.3, -0.25) is 0 Å². The number of hydrogen-bond donors (Lipinski definition) is 1. The first kappa shape index (κ1) is 17.3. The lowest BCUT2D eigenvalue weighted by Gasteiger charge is -2.32. The first-order valence-electron chi connectivity index (χ1n) is 10.1. The van der Waals surface area contributed by atoms with E-state index in [1.54, 1.807) is 0 Å². The molecule has 1 nitrogen and oxygen atoms in total. The minimum absolute atomic E-state index is 0.753. The van der Waals surface area contributed by atoms with Crippen LogP contribution in [-0.4, -0.2) is 12.1 Å². The Bertz CT molecular complexity index is 232. The van der Waals surface area contributed by atoms with Crippen LogP contribution in [0.5, 0.6) is 0 Å². The summed E-state index contributed by atoms with van der Waals surface area (Å²) in [5.74, 6) is 0.958. The van der Waals surface area contributed by atoms with Crippen molar-refractivity contribution in [3.05, 3.63) is 0 Å². The molecule has 2 aliphatic rings. The Kier molecular flexibility index (Phi) is 8.78. The summed E-state index contributed by atoms with van der Waals surface area (Å²) >= 11 is 0. The highest BCUT2D eigenvalue weighted by atomic mass is 14.9. The van der Waals surface area contributed by atoms with Crippen molar-refractivity contribution >= 4 is 0 Å². The third-order valence-corrected chi connectivity index (χ3v) is 5.96. The second kappa shape index (κ2) is 10.6. The third kappa shape index (κ3) is 7.17. The van der Waals surface area contributed by atoms with E-state index in [-0.39, 0.29) is 0 Å². The molecule has 0 bridgehead atoms. The average molecular weight is 294 g/mol. The Morgan fingerprint density at radius 3 is 1.48 bits per heavy atom. The molecule has 2 rings (SSSR count). The highest BCUT2D eigenvalue weighted by Crippen LogP contribution is 2.27. The number of nitrogens with one attached hydrogen (secondary N) is 1. The van der Waals surface area contributed by atoms with Crippen molar-refractivity contribution in [2.75, 3.05) is 0 Å². The van der Waals surface area contributed by atoms with E-state index in [0.29, 0.717) is 0 Å². The lowest BCUT2D eigenvalue weighted by Crippen LogP contribution is -2.41. The van der Waals surface area contributed by atoms with Crippen LogP contribution in [-0.2, 0) is 0 Å². The summed E-state index contributed by atoms with van der Waals surface area (Å²) in [6, 6.07) is 1.56. The van der Waals surface area contributed by atoms with Gasteiger partial charge in [-0.05, 0) is 38.5 Å². The first-order chi connectivity index (χ1) is 10.4. The van der Waals surface area contributed by atoms with Crippen molar-refractivity contribution in [3.63, 3.8) is 0 Å². The molecule has 0 saturated heterocycles. The highest BCUT2D eigenvalue weighted by Gasteiger charge is 2.22. The van der Waals surface area contributed by atoms with Crippen LogP contribution >= 0.6 is 0 Å². The summed E-state index contributed by atoms with van der Waals surface area (Å²) in [5.41, 5.74) is 0. The molecule has 2 aliphatic carbocycles. The van der Waals surface area contributed by atoms with Gasteiger partial charge in [-0.2, -0.15) is 0 Å².